The minimum absolute atomic E-state index is 0.0571. The Morgan fingerprint density at radius 3 is 2.89 bits per heavy atom. The van der Waals surface area contributed by atoms with Gasteiger partial charge in [0.25, 0.3) is 0 Å². The summed E-state index contributed by atoms with van der Waals surface area (Å²) in [5, 5.41) is 0. The summed E-state index contributed by atoms with van der Waals surface area (Å²) in [5.41, 5.74) is 2.79. The topological polar surface area (TPSA) is 51.0 Å². The molecule has 0 radical (unpaired) electrons. The summed E-state index contributed by atoms with van der Waals surface area (Å²) in [6.07, 6.45) is 2.09. The van der Waals surface area contributed by atoms with E-state index < -0.39 is 0 Å². The Morgan fingerprint density at radius 1 is 1.44 bits per heavy atom. The molecule has 4 heteroatoms. The van der Waals surface area contributed by atoms with E-state index in [9.17, 15) is 4.79 Å². The summed E-state index contributed by atoms with van der Waals surface area (Å²) in [7, 11) is 1.59. The van der Waals surface area contributed by atoms with Crippen LogP contribution in [0.15, 0.2) is 28.2 Å². The predicted molar refractivity (Wildman–Crippen MR) is 71.5 cm³/mol. The number of carbonyl (C=O) groups excluding carboxylic acids is 1. The third-order valence-electron chi connectivity index (χ3n) is 3.00. The van der Waals surface area contributed by atoms with Crippen molar-refractivity contribution in [1.82, 2.24) is 0 Å². The van der Waals surface area contributed by atoms with E-state index in [4.69, 9.17) is 4.74 Å². The Balaban J connectivity index is 2.39. The minimum Gasteiger partial charge on any atom is -0.484 e. The van der Waals surface area contributed by atoms with Crippen LogP contribution >= 0.6 is 0 Å². The van der Waals surface area contributed by atoms with Crippen LogP contribution in [0.3, 0.4) is 0 Å². The van der Waals surface area contributed by atoms with Crippen LogP contribution in [0, 0.1) is 6.92 Å². The molecule has 94 valence electrons. The summed E-state index contributed by atoms with van der Waals surface area (Å²) in [5.74, 6) is 0.702. The van der Waals surface area contributed by atoms with Gasteiger partial charge in [0, 0.05) is 5.56 Å². The Morgan fingerprint density at radius 2 is 2.22 bits per heavy atom. The van der Waals surface area contributed by atoms with E-state index >= 15 is 0 Å². The molecule has 1 heterocycles. The Labute approximate surface area is 106 Å². The largest absolute Gasteiger partial charge is 0.484 e. The lowest BCUT2D eigenvalue weighted by Gasteiger charge is -2.19. The zero-order chi connectivity index (χ0) is 13.1. The molecule has 18 heavy (non-hydrogen) atoms. The van der Waals surface area contributed by atoms with Crippen LogP contribution in [0.5, 0.6) is 0 Å². The maximum Gasteiger partial charge on any atom is 0.191 e. The second-order valence-corrected chi connectivity index (χ2v) is 4.36. The van der Waals surface area contributed by atoms with E-state index in [0.717, 1.165) is 16.7 Å². The zero-order valence-electron chi connectivity index (χ0n) is 10.8. The van der Waals surface area contributed by atoms with Crippen LogP contribution in [0.1, 0.15) is 40.9 Å². The number of Topliss-reactive ketones (excluding diaryl/α,β-unsaturated/α-hetero) is 1. The van der Waals surface area contributed by atoms with Crippen molar-refractivity contribution in [3.05, 3.63) is 34.9 Å². The molecular weight excluding hydrogens is 228 g/mol. The van der Waals surface area contributed by atoms with Crippen molar-refractivity contribution >= 4 is 18.0 Å². The van der Waals surface area contributed by atoms with Gasteiger partial charge in [-0.05, 0) is 19.4 Å². The molecule has 0 fully saturated rings. The van der Waals surface area contributed by atoms with Gasteiger partial charge in [-0.2, -0.15) is 0 Å². The van der Waals surface area contributed by atoms with Gasteiger partial charge in [0.05, 0.1) is 19.6 Å². The van der Waals surface area contributed by atoms with Crippen LogP contribution in [0.2, 0.25) is 0 Å². The molecule has 2 rings (SSSR count). The number of rotatable bonds is 2. The third-order valence-corrected chi connectivity index (χ3v) is 3.00. The molecular formula is C14H16N2O2. The number of nitrogens with zero attached hydrogens (tertiary/aromatic N) is 2. The number of ketones is 1. The van der Waals surface area contributed by atoms with Crippen LogP contribution in [-0.2, 0) is 4.74 Å². The van der Waals surface area contributed by atoms with Gasteiger partial charge in [-0.1, -0.05) is 23.8 Å². The van der Waals surface area contributed by atoms with Gasteiger partial charge in [-0.15, -0.1) is 0 Å². The highest BCUT2D eigenvalue weighted by molar-refractivity contribution is 5.96. The fourth-order valence-corrected chi connectivity index (χ4v) is 2.05. The Bertz CT molecular complexity index is 533. The first-order chi connectivity index (χ1) is 8.61. The summed E-state index contributed by atoms with van der Waals surface area (Å²) in [4.78, 5) is 20.0. The van der Waals surface area contributed by atoms with Crippen molar-refractivity contribution < 1.29 is 9.53 Å². The number of hydrogen-bond acceptors (Lipinski definition) is 4. The first-order valence-electron chi connectivity index (χ1n) is 5.85. The monoisotopic (exact) mass is 244 g/mol. The highest BCUT2D eigenvalue weighted by atomic mass is 16.5. The molecule has 1 aliphatic rings. The fourth-order valence-electron chi connectivity index (χ4n) is 2.05. The number of aryl methyl sites for hydroxylation is 1. The SMILES string of the molecule is COC1=NC=NC(c2cc(C)ccc2C(C)=O)C1. The second kappa shape index (κ2) is 5.12. The van der Waals surface area contributed by atoms with Crippen LogP contribution < -0.4 is 0 Å². The molecule has 0 saturated carbocycles. The maximum atomic E-state index is 11.7. The average molecular weight is 244 g/mol. The normalized spacial score (nSPS) is 18.4. The molecule has 1 atom stereocenters. The van der Waals surface area contributed by atoms with Crippen molar-refractivity contribution in [2.24, 2.45) is 9.98 Å². The maximum absolute atomic E-state index is 11.7. The third kappa shape index (κ3) is 2.47. The molecule has 0 N–H and O–H groups in total. The number of hydrogen-bond donors (Lipinski definition) is 0. The summed E-state index contributed by atoms with van der Waals surface area (Å²) < 4.78 is 5.15. The van der Waals surface area contributed by atoms with E-state index in [0.29, 0.717) is 12.3 Å². The van der Waals surface area contributed by atoms with E-state index in [2.05, 4.69) is 9.98 Å². The molecule has 0 amide bonds. The molecule has 1 aromatic rings. The van der Waals surface area contributed by atoms with Gasteiger partial charge < -0.3 is 4.74 Å². The number of aliphatic imine (C=N–C) groups is 2. The first-order valence-corrected chi connectivity index (χ1v) is 5.85. The average Bonchev–Trinajstić information content (AvgIpc) is 2.38. The second-order valence-electron chi connectivity index (χ2n) is 4.36. The van der Waals surface area contributed by atoms with Crippen LogP contribution in [0.4, 0.5) is 0 Å². The molecule has 0 spiro atoms. The first kappa shape index (κ1) is 12.5. The summed E-state index contributed by atoms with van der Waals surface area (Å²) in [6, 6.07) is 5.73. The van der Waals surface area contributed by atoms with Crippen molar-refractivity contribution in [1.29, 1.82) is 0 Å². The highest BCUT2D eigenvalue weighted by Gasteiger charge is 2.21. The van der Waals surface area contributed by atoms with Crippen molar-refractivity contribution in [2.45, 2.75) is 26.3 Å². The van der Waals surface area contributed by atoms with Gasteiger partial charge in [0.2, 0.25) is 0 Å². The number of carbonyl (C=O) groups is 1. The predicted octanol–water partition coefficient (Wildman–Crippen LogP) is 2.72. The molecule has 0 aromatic heterocycles. The standard InChI is InChI=1S/C14H16N2O2/c1-9-4-5-11(10(2)17)12(6-9)13-7-14(18-3)16-8-15-13/h4-6,8,13H,7H2,1-3H3. The van der Waals surface area contributed by atoms with Gasteiger partial charge in [-0.3, -0.25) is 9.79 Å². The lowest BCUT2D eigenvalue weighted by molar-refractivity contribution is 0.101. The highest BCUT2D eigenvalue weighted by Crippen LogP contribution is 2.28. The lowest BCUT2D eigenvalue weighted by Crippen LogP contribution is -2.14. The molecule has 0 saturated heterocycles. The molecule has 1 unspecified atom stereocenters. The number of methoxy groups -OCH3 is 1. The van der Waals surface area contributed by atoms with Gasteiger partial charge in [0.15, 0.2) is 11.7 Å². The molecule has 4 nitrogen and oxygen atoms in total. The van der Waals surface area contributed by atoms with Gasteiger partial charge >= 0.3 is 0 Å². The van der Waals surface area contributed by atoms with Crippen molar-refractivity contribution in [3.8, 4) is 0 Å². The van der Waals surface area contributed by atoms with Crippen molar-refractivity contribution in [2.75, 3.05) is 7.11 Å². The Kier molecular flexibility index (Phi) is 3.55. The van der Waals surface area contributed by atoms with Crippen LogP contribution in [0.25, 0.3) is 0 Å². The van der Waals surface area contributed by atoms with Gasteiger partial charge in [0.1, 0.15) is 6.34 Å². The number of ether oxygens (including phenoxy) is 1. The van der Waals surface area contributed by atoms with E-state index in [1.54, 1.807) is 14.0 Å². The van der Waals surface area contributed by atoms with Crippen molar-refractivity contribution in [3.63, 3.8) is 0 Å². The molecule has 1 aromatic carbocycles. The Hall–Kier alpha value is -1.97. The minimum atomic E-state index is -0.0868. The zero-order valence-corrected chi connectivity index (χ0v) is 10.8. The van der Waals surface area contributed by atoms with E-state index in [1.165, 1.54) is 6.34 Å². The van der Waals surface area contributed by atoms with E-state index in [1.807, 2.05) is 25.1 Å². The summed E-state index contributed by atoms with van der Waals surface area (Å²) in [6.45, 7) is 3.58. The fraction of sp³-hybridized carbons (Fsp3) is 0.357. The number of benzene rings is 1. The summed E-state index contributed by atoms with van der Waals surface area (Å²) >= 11 is 0. The van der Waals surface area contributed by atoms with Gasteiger partial charge in [-0.25, -0.2) is 4.99 Å². The lowest BCUT2D eigenvalue weighted by atomic mass is 9.94. The van der Waals surface area contributed by atoms with E-state index in [-0.39, 0.29) is 11.8 Å². The van der Waals surface area contributed by atoms with Crippen LogP contribution in [-0.4, -0.2) is 25.1 Å². The molecule has 1 aliphatic heterocycles. The smallest absolute Gasteiger partial charge is 0.191 e. The quantitative estimate of drug-likeness (QED) is 0.751. The molecule has 0 bridgehead atoms. The molecule has 0 aliphatic carbocycles.